The van der Waals surface area contributed by atoms with Gasteiger partial charge in [-0.25, -0.2) is 0 Å². The molecular formula is Bi2Mg2O5. The van der Waals surface area contributed by atoms with Crippen LogP contribution in [0.2, 0.25) is 0 Å². The predicted molar refractivity (Wildman–Crippen MR) is 26.4 cm³/mol. The first-order valence-corrected chi connectivity index (χ1v) is 0. The van der Waals surface area contributed by atoms with E-state index >= 15 is 0 Å². The van der Waals surface area contributed by atoms with E-state index in [1.165, 1.54) is 0 Å². The summed E-state index contributed by atoms with van der Waals surface area (Å²) >= 11 is 0. The molecule has 9 heavy (non-hydrogen) atoms. The molecule has 0 amide bonds. The Labute approximate surface area is 124 Å². The molecule has 0 fully saturated rings. The maximum absolute atomic E-state index is 0. The molecule has 44 valence electrons. The maximum atomic E-state index is 0. The van der Waals surface area contributed by atoms with E-state index in [9.17, 15) is 0 Å². The third kappa shape index (κ3) is 95.7. The Hall–Kier alpha value is 3.10. The molecule has 0 N–H and O–H groups in total. The molecule has 0 unspecified atom stereocenters. The van der Waals surface area contributed by atoms with Crippen LogP contribution in [0.3, 0.4) is 0 Å². The van der Waals surface area contributed by atoms with Crippen LogP contribution in [-0.4, -0.2) is 98.5 Å². The third-order valence-corrected chi connectivity index (χ3v) is 0. The van der Waals surface area contributed by atoms with Gasteiger partial charge in [0.05, 0.1) is 0 Å². The van der Waals surface area contributed by atoms with E-state index < -0.39 is 0 Å². The first-order chi connectivity index (χ1) is 0. The van der Waals surface area contributed by atoms with E-state index in [-0.39, 0.29) is 126 Å². The minimum atomic E-state index is 0. The van der Waals surface area contributed by atoms with Crippen molar-refractivity contribution in [1.82, 2.24) is 0 Å². The predicted octanol–water partition coefficient (Wildman–Crippen LogP) is -2.12. The van der Waals surface area contributed by atoms with Crippen molar-refractivity contribution in [3.05, 3.63) is 0 Å². The molecule has 0 atom stereocenters. The van der Waals surface area contributed by atoms with E-state index in [0.717, 1.165) is 0 Å². The summed E-state index contributed by atoms with van der Waals surface area (Å²) in [6.07, 6.45) is 0. The molecule has 0 aromatic heterocycles. The van der Waals surface area contributed by atoms with Crippen LogP contribution in [0.1, 0.15) is 0 Å². The molecule has 5 nitrogen and oxygen atoms in total. The van der Waals surface area contributed by atoms with Crippen molar-refractivity contribution in [2.75, 3.05) is 0 Å². The van der Waals surface area contributed by atoms with E-state index in [2.05, 4.69) is 0 Å². The molecule has 0 bridgehead atoms. The molecule has 0 aromatic rings. The molecular weight excluding hydrogens is 547 g/mol. The average Bonchev–Trinajstić information content (AvgIpc) is 0. The normalized spacial score (nSPS) is 0. The van der Waals surface area contributed by atoms with Gasteiger partial charge < -0.3 is 27.4 Å². The first kappa shape index (κ1) is 155. The van der Waals surface area contributed by atoms with Crippen LogP contribution in [0.5, 0.6) is 0 Å². The summed E-state index contributed by atoms with van der Waals surface area (Å²) in [6.45, 7) is 0. The van der Waals surface area contributed by atoms with Crippen molar-refractivity contribution < 1.29 is 27.4 Å². The van der Waals surface area contributed by atoms with Crippen LogP contribution in [0.4, 0.5) is 0 Å². The summed E-state index contributed by atoms with van der Waals surface area (Å²) in [5, 5.41) is 0. The van der Waals surface area contributed by atoms with Gasteiger partial charge >= 0.3 is 98.5 Å². The van der Waals surface area contributed by atoms with E-state index in [4.69, 9.17) is 0 Å². The summed E-state index contributed by atoms with van der Waals surface area (Å²) in [5.41, 5.74) is 0. The van der Waals surface area contributed by atoms with Crippen molar-refractivity contribution in [3.63, 3.8) is 0 Å². The van der Waals surface area contributed by atoms with Crippen molar-refractivity contribution >= 4 is 98.5 Å². The molecule has 0 aliphatic carbocycles. The Morgan fingerprint density at radius 2 is 0.333 bits per heavy atom. The van der Waals surface area contributed by atoms with Gasteiger partial charge in [-0.1, -0.05) is 0 Å². The quantitative estimate of drug-likeness (QED) is 0.307. The number of hydrogen-bond donors (Lipinski definition) is 0. The Morgan fingerprint density at radius 1 is 0.333 bits per heavy atom. The van der Waals surface area contributed by atoms with Crippen LogP contribution in [-0.2, 0) is 27.4 Å². The monoisotopic (exact) mass is 546 g/mol. The van der Waals surface area contributed by atoms with E-state index in [1.54, 1.807) is 0 Å². The van der Waals surface area contributed by atoms with Crippen LogP contribution in [0.25, 0.3) is 0 Å². The van der Waals surface area contributed by atoms with Crippen LogP contribution in [0, 0.1) is 0 Å². The Balaban J connectivity index is 0. The standard InChI is InChI=1S/2Bi.2Mg.5O/q2*+3;2*+2;5*-2. The second-order valence-electron chi connectivity index (χ2n) is 0. The second-order valence-corrected chi connectivity index (χ2v) is 0. The summed E-state index contributed by atoms with van der Waals surface area (Å²) in [7, 11) is 0. The van der Waals surface area contributed by atoms with E-state index in [0.29, 0.717) is 0 Å². The Morgan fingerprint density at radius 3 is 0.333 bits per heavy atom. The van der Waals surface area contributed by atoms with E-state index in [1.807, 2.05) is 0 Å². The van der Waals surface area contributed by atoms with Gasteiger partial charge in [0.1, 0.15) is 0 Å². The number of hydrogen-bond acceptors (Lipinski definition) is 0. The Kier molecular flexibility index (Phi) is 2030. The zero-order chi connectivity index (χ0) is 0. The summed E-state index contributed by atoms with van der Waals surface area (Å²) in [4.78, 5) is 0. The fourth-order valence-corrected chi connectivity index (χ4v) is 0. The van der Waals surface area contributed by atoms with Crippen LogP contribution >= 0.6 is 0 Å². The summed E-state index contributed by atoms with van der Waals surface area (Å²) in [6, 6.07) is 0. The smallest absolute Gasteiger partial charge is 2.00 e. The fraction of sp³-hybridized carbons (Fsp3) is 0. The SMILES string of the molecule is [Bi+3].[Bi+3].[Mg+2].[Mg+2].[O-2].[O-2].[O-2].[O-2].[O-2]. The molecule has 0 aliphatic heterocycles. The van der Waals surface area contributed by atoms with Crippen molar-refractivity contribution in [2.24, 2.45) is 0 Å². The van der Waals surface area contributed by atoms with Gasteiger partial charge in [-0.15, -0.1) is 0 Å². The van der Waals surface area contributed by atoms with Crippen molar-refractivity contribution in [3.8, 4) is 0 Å². The maximum Gasteiger partial charge on any atom is 3.00 e. The van der Waals surface area contributed by atoms with Crippen molar-refractivity contribution in [2.45, 2.75) is 0 Å². The zero-order valence-corrected chi connectivity index (χ0v) is 14.1. The fourth-order valence-electron chi connectivity index (χ4n) is 0. The van der Waals surface area contributed by atoms with Gasteiger partial charge in [-0.3, -0.25) is 0 Å². The van der Waals surface area contributed by atoms with Gasteiger partial charge in [0.15, 0.2) is 0 Å². The zero-order valence-electron chi connectivity index (χ0n) is 4.35. The van der Waals surface area contributed by atoms with Crippen LogP contribution < -0.4 is 0 Å². The summed E-state index contributed by atoms with van der Waals surface area (Å²) < 4.78 is 0. The average molecular weight is 547 g/mol. The largest absolute Gasteiger partial charge is 3.00 e. The Bertz CT molecular complexity index is 12.9. The van der Waals surface area contributed by atoms with Gasteiger partial charge in [-0.2, -0.15) is 0 Å². The molecule has 0 aromatic carbocycles. The molecule has 4 radical (unpaired) electrons. The molecule has 0 saturated heterocycles. The van der Waals surface area contributed by atoms with Gasteiger partial charge in [0.2, 0.25) is 0 Å². The second kappa shape index (κ2) is 118. The first-order valence-electron chi connectivity index (χ1n) is 0. The summed E-state index contributed by atoms with van der Waals surface area (Å²) in [5.74, 6) is 0. The molecule has 0 saturated carbocycles. The van der Waals surface area contributed by atoms with Crippen molar-refractivity contribution in [1.29, 1.82) is 0 Å². The van der Waals surface area contributed by atoms with Crippen LogP contribution in [0.15, 0.2) is 0 Å². The molecule has 0 aliphatic rings. The molecule has 0 spiro atoms. The molecule has 0 rings (SSSR count). The topological polar surface area (TPSA) is 142 Å². The minimum absolute atomic E-state index is 0. The minimum Gasteiger partial charge on any atom is -2.00 e. The third-order valence-electron chi connectivity index (χ3n) is 0. The van der Waals surface area contributed by atoms with Gasteiger partial charge in [-0.05, 0) is 0 Å². The number of rotatable bonds is 0. The van der Waals surface area contributed by atoms with Gasteiger partial charge in [0.25, 0.3) is 0 Å². The van der Waals surface area contributed by atoms with Gasteiger partial charge in [0, 0.05) is 0 Å². The molecule has 0 heterocycles. The molecule has 9 heteroatoms.